The van der Waals surface area contributed by atoms with Crippen LogP contribution in [-0.2, 0) is 28.7 Å². The predicted octanol–water partition coefficient (Wildman–Crippen LogP) is -1.11. The van der Waals surface area contributed by atoms with E-state index in [9.17, 15) is 24.0 Å². The molecule has 0 aromatic heterocycles. The zero-order chi connectivity index (χ0) is 16.6. The van der Waals surface area contributed by atoms with Crippen LogP contribution in [0.1, 0.15) is 13.3 Å². The molecule has 0 saturated carbocycles. The van der Waals surface area contributed by atoms with Crippen LogP contribution in [0.15, 0.2) is 0 Å². The van der Waals surface area contributed by atoms with E-state index in [0.29, 0.717) is 0 Å². The van der Waals surface area contributed by atoms with Crippen LogP contribution in [-0.4, -0.2) is 64.0 Å². The van der Waals surface area contributed by atoms with E-state index in [2.05, 4.69) is 10.1 Å². The molecule has 3 N–H and O–H groups in total. The molecule has 0 aliphatic rings. The van der Waals surface area contributed by atoms with Crippen molar-refractivity contribution in [3.05, 3.63) is 0 Å². The molecule has 0 radical (unpaired) electrons. The van der Waals surface area contributed by atoms with Gasteiger partial charge < -0.3 is 20.3 Å². The van der Waals surface area contributed by atoms with Gasteiger partial charge in [0, 0.05) is 19.1 Å². The van der Waals surface area contributed by atoms with E-state index in [1.807, 2.05) is 0 Å². The molecule has 118 valence electrons. The lowest BCUT2D eigenvalue weighted by Crippen LogP contribution is -2.42. The highest BCUT2D eigenvalue weighted by molar-refractivity contribution is 8.00. The summed E-state index contributed by atoms with van der Waals surface area (Å²) in [6.45, 7) is 1.13. The minimum Gasteiger partial charge on any atom is -0.480 e. The van der Waals surface area contributed by atoms with Crippen molar-refractivity contribution in [3.8, 4) is 0 Å². The molecule has 21 heavy (non-hydrogen) atoms. The summed E-state index contributed by atoms with van der Waals surface area (Å²) in [5, 5.41) is 18.4. The van der Waals surface area contributed by atoms with Gasteiger partial charge in [-0.05, 0) is 0 Å². The number of ether oxygens (including phenoxy) is 1. The number of carboxylic acid groups (broad SMARTS) is 2. The fourth-order valence-corrected chi connectivity index (χ4v) is 2.38. The predicted molar refractivity (Wildman–Crippen MR) is 70.8 cm³/mol. The molecule has 1 unspecified atom stereocenters. The highest BCUT2D eigenvalue weighted by Gasteiger charge is 2.29. The number of ketones is 1. The van der Waals surface area contributed by atoms with Crippen molar-refractivity contribution >= 4 is 41.4 Å². The molecule has 10 heteroatoms. The topological polar surface area (TPSA) is 147 Å². The summed E-state index contributed by atoms with van der Waals surface area (Å²) in [6.07, 6.45) is -0.626. The lowest BCUT2D eigenvalue weighted by molar-refractivity contribution is -0.150. The molecular formula is C11H15NO8S. The van der Waals surface area contributed by atoms with Gasteiger partial charge in [-0.15, -0.1) is 11.8 Å². The second kappa shape index (κ2) is 8.95. The number of nitrogens with one attached hydrogen (secondary N) is 1. The highest BCUT2D eigenvalue weighted by Crippen LogP contribution is 2.18. The van der Waals surface area contributed by atoms with Crippen molar-refractivity contribution in [2.75, 3.05) is 12.9 Å². The summed E-state index contributed by atoms with van der Waals surface area (Å²) in [5.41, 5.74) is 0. The first-order chi connectivity index (χ1) is 9.68. The molecular weight excluding hydrogens is 306 g/mol. The average Bonchev–Trinajstić information content (AvgIpc) is 2.39. The Morgan fingerprint density at radius 2 is 1.76 bits per heavy atom. The molecule has 0 fully saturated rings. The van der Waals surface area contributed by atoms with Crippen LogP contribution in [0.4, 0.5) is 0 Å². The maximum atomic E-state index is 11.5. The van der Waals surface area contributed by atoms with E-state index < -0.39 is 47.3 Å². The minimum atomic E-state index is -1.69. The monoisotopic (exact) mass is 321 g/mol. The van der Waals surface area contributed by atoms with Gasteiger partial charge in [-0.1, -0.05) is 0 Å². The molecule has 1 amide bonds. The lowest BCUT2D eigenvalue weighted by Gasteiger charge is -2.17. The number of carbonyl (C=O) groups is 5. The molecule has 0 aliphatic heterocycles. The number of esters is 1. The standard InChI is InChI=1S/C11H15NO8S/c1-5(13)12-6(9(15)16)4-21-8(11(19)20-2)3-7(14)10(17)18/h6,8H,3-4H2,1-2H3,(H,12,13)(H,15,16)(H,17,18)/t6-,8?/m0/s1. The van der Waals surface area contributed by atoms with E-state index in [0.717, 1.165) is 25.8 Å². The number of methoxy groups -OCH3 is 1. The van der Waals surface area contributed by atoms with Crippen LogP contribution in [0.3, 0.4) is 0 Å². The Bertz CT molecular complexity index is 450. The highest BCUT2D eigenvalue weighted by atomic mass is 32.2. The first-order valence-electron chi connectivity index (χ1n) is 5.64. The van der Waals surface area contributed by atoms with Crippen LogP contribution in [0.25, 0.3) is 0 Å². The quantitative estimate of drug-likeness (QED) is 0.355. The maximum absolute atomic E-state index is 11.5. The normalized spacial score (nSPS) is 12.9. The second-order valence-electron chi connectivity index (χ2n) is 3.87. The number of thioether (sulfide) groups is 1. The molecule has 0 aromatic rings. The molecule has 0 heterocycles. The van der Waals surface area contributed by atoms with Gasteiger partial charge in [-0.25, -0.2) is 9.59 Å². The minimum absolute atomic E-state index is 0.221. The van der Waals surface area contributed by atoms with Crippen molar-refractivity contribution in [2.45, 2.75) is 24.6 Å². The number of hydrogen-bond donors (Lipinski definition) is 3. The second-order valence-corrected chi connectivity index (χ2v) is 5.10. The summed E-state index contributed by atoms with van der Waals surface area (Å²) >= 11 is 0.724. The Balaban J connectivity index is 4.76. The summed E-state index contributed by atoms with van der Waals surface area (Å²) < 4.78 is 4.43. The molecule has 2 atom stereocenters. The summed E-state index contributed by atoms with van der Waals surface area (Å²) in [7, 11) is 1.06. The van der Waals surface area contributed by atoms with Crippen molar-refractivity contribution in [2.24, 2.45) is 0 Å². The van der Waals surface area contributed by atoms with Gasteiger partial charge in [0.05, 0.1) is 7.11 Å². The molecule has 0 spiro atoms. The lowest BCUT2D eigenvalue weighted by atomic mass is 10.2. The number of amides is 1. The molecule has 0 bridgehead atoms. The zero-order valence-electron chi connectivity index (χ0n) is 11.3. The number of aliphatic carboxylic acids is 2. The van der Waals surface area contributed by atoms with E-state index >= 15 is 0 Å². The van der Waals surface area contributed by atoms with E-state index in [1.165, 1.54) is 0 Å². The summed E-state index contributed by atoms with van der Waals surface area (Å²) in [4.78, 5) is 54.8. The third-order valence-corrected chi connectivity index (χ3v) is 3.50. The SMILES string of the molecule is COC(=O)C(CC(=O)C(=O)O)SC[C@H](NC(C)=O)C(=O)O. The van der Waals surface area contributed by atoms with Crippen molar-refractivity contribution in [3.63, 3.8) is 0 Å². The van der Waals surface area contributed by atoms with Gasteiger partial charge in [0.2, 0.25) is 11.7 Å². The van der Waals surface area contributed by atoms with Crippen molar-refractivity contribution in [1.82, 2.24) is 5.32 Å². The third kappa shape index (κ3) is 7.30. The molecule has 9 nitrogen and oxygen atoms in total. The van der Waals surface area contributed by atoms with Gasteiger partial charge in [0.25, 0.3) is 0 Å². The smallest absolute Gasteiger partial charge is 0.372 e. The molecule has 0 saturated heterocycles. The first kappa shape index (κ1) is 18.9. The largest absolute Gasteiger partial charge is 0.480 e. The summed E-state index contributed by atoms with van der Waals surface area (Å²) in [6, 6.07) is -1.26. The molecule has 0 aromatic carbocycles. The van der Waals surface area contributed by atoms with E-state index in [4.69, 9.17) is 10.2 Å². The van der Waals surface area contributed by atoms with Crippen molar-refractivity contribution in [1.29, 1.82) is 0 Å². The Morgan fingerprint density at radius 1 is 1.19 bits per heavy atom. The molecule has 0 rings (SSSR count). The Morgan fingerprint density at radius 3 is 2.14 bits per heavy atom. The first-order valence-corrected chi connectivity index (χ1v) is 6.69. The Kier molecular flexibility index (Phi) is 8.06. The van der Waals surface area contributed by atoms with Crippen LogP contribution in [0.2, 0.25) is 0 Å². The number of carboxylic acids is 2. The van der Waals surface area contributed by atoms with Gasteiger partial charge >= 0.3 is 17.9 Å². The molecule has 0 aliphatic carbocycles. The van der Waals surface area contributed by atoms with Gasteiger partial charge in [-0.3, -0.25) is 14.4 Å². The summed E-state index contributed by atoms with van der Waals surface area (Å²) in [5.74, 6) is -5.83. The number of carbonyl (C=O) groups excluding carboxylic acids is 3. The van der Waals surface area contributed by atoms with Crippen LogP contribution in [0.5, 0.6) is 0 Å². The van der Waals surface area contributed by atoms with Gasteiger partial charge in [-0.2, -0.15) is 0 Å². The van der Waals surface area contributed by atoms with E-state index in [-0.39, 0.29) is 5.75 Å². The van der Waals surface area contributed by atoms with Crippen LogP contribution >= 0.6 is 11.8 Å². The maximum Gasteiger partial charge on any atom is 0.372 e. The number of rotatable bonds is 9. The van der Waals surface area contributed by atoms with Crippen LogP contribution in [0, 0.1) is 0 Å². The zero-order valence-corrected chi connectivity index (χ0v) is 12.1. The fourth-order valence-electron chi connectivity index (χ4n) is 1.23. The third-order valence-electron chi connectivity index (χ3n) is 2.21. The van der Waals surface area contributed by atoms with E-state index in [1.54, 1.807) is 0 Å². The number of Topliss-reactive ketones (excluding diaryl/α,β-unsaturated/α-hetero) is 1. The van der Waals surface area contributed by atoms with Crippen LogP contribution < -0.4 is 5.32 Å². The average molecular weight is 321 g/mol. The van der Waals surface area contributed by atoms with Gasteiger partial charge in [0.15, 0.2) is 0 Å². The Labute approximate surface area is 124 Å². The Hall–Kier alpha value is -2.10. The fraction of sp³-hybridized carbons (Fsp3) is 0.545. The number of hydrogen-bond acceptors (Lipinski definition) is 7. The van der Waals surface area contributed by atoms with Gasteiger partial charge in [0.1, 0.15) is 11.3 Å². The van der Waals surface area contributed by atoms with Crippen molar-refractivity contribution < 1.29 is 38.9 Å².